The number of aromatic nitrogens is 1. The number of alkyl halides is 3. The Morgan fingerprint density at radius 3 is 2.38 bits per heavy atom. The molecule has 1 aromatic rings. The molecule has 1 aliphatic heterocycles. The molecule has 1 saturated heterocycles. The van der Waals surface area contributed by atoms with Crippen LogP contribution in [0.25, 0.3) is 0 Å². The summed E-state index contributed by atoms with van der Waals surface area (Å²) < 4.78 is 38.8. The third-order valence-electron chi connectivity index (χ3n) is 3.76. The van der Waals surface area contributed by atoms with Crippen molar-refractivity contribution < 1.29 is 13.2 Å². The summed E-state index contributed by atoms with van der Waals surface area (Å²) in [7, 11) is 0. The lowest BCUT2D eigenvalue weighted by Crippen LogP contribution is -2.35. The first-order valence-corrected chi connectivity index (χ1v) is 7.78. The molecule has 0 unspecified atom stereocenters. The summed E-state index contributed by atoms with van der Waals surface area (Å²) in [5.74, 6) is 0.659. The Kier molecular flexibility index (Phi) is 6.99. The third-order valence-corrected chi connectivity index (χ3v) is 3.76. The van der Waals surface area contributed by atoms with Crippen LogP contribution in [0.5, 0.6) is 0 Å². The molecule has 1 aromatic heterocycles. The highest BCUT2D eigenvalue weighted by molar-refractivity contribution is 5.53. The number of pyridine rings is 1. The van der Waals surface area contributed by atoms with Gasteiger partial charge in [-0.2, -0.15) is 13.2 Å². The van der Waals surface area contributed by atoms with Gasteiger partial charge in [-0.1, -0.05) is 33.6 Å². The van der Waals surface area contributed by atoms with Crippen LogP contribution in [0.1, 0.15) is 52.0 Å². The molecule has 0 atom stereocenters. The van der Waals surface area contributed by atoms with E-state index in [-0.39, 0.29) is 5.69 Å². The van der Waals surface area contributed by atoms with Crippen LogP contribution in [-0.4, -0.2) is 18.1 Å². The molecule has 5 heteroatoms. The van der Waals surface area contributed by atoms with Gasteiger partial charge in [0.25, 0.3) is 0 Å². The summed E-state index contributed by atoms with van der Waals surface area (Å²) in [6.45, 7) is 7.54. The van der Waals surface area contributed by atoms with E-state index in [9.17, 15) is 13.2 Å². The third kappa shape index (κ3) is 4.90. The number of anilines is 1. The molecule has 2 rings (SSSR count). The average Bonchev–Trinajstić information content (AvgIpc) is 2.50. The quantitative estimate of drug-likeness (QED) is 0.768. The van der Waals surface area contributed by atoms with E-state index in [0.29, 0.717) is 19.0 Å². The fourth-order valence-electron chi connectivity index (χ4n) is 2.75. The molecule has 0 radical (unpaired) electrons. The predicted octanol–water partition coefficient (Wildman–Crippen LogP) is 5.14. The highest BCUT2D eigenvalue weighted by Crippen LogP contribution is 2.37. The van der Waals surface area contributed by atoms with E-state index >= 15 is 0 Å². The zero-order valence-electron chi connectivity index (χ0n) is 13.1. The van der Waals surface area contributed by atoms with Crippen LogP contribution >= 0.6 is 0 Å². The second-order valence-electron chi connectivity index (χ2n) is 5.11. The van der Waals surface area contributed by atoms with Crippen molar-refractivity contribution in [2.45, 2.75) is 52.6 Å². The molecular weight excluding hydrogens is 277 g/mol. The first-order valence-electron chi connectivity index (χ1n) is 7.78. The van der Waals surface area contributed by atoms with E-state index in [1.54, 1.807) is 0 Å². The van der Waals surface area contributed by atoms with Crippen molar-refractivity contribution in [2.75, 3.05) is 18.0 Å². The molecule has 0 saturated carbocycles. The summed E-state index contributed by atoms with van der Waals surface area (Å²) in [5.41, 5.74) is -0.346. The molecule has 2 heterocycles. The van der Waals surface area contributed by atoms with Crippen molar-refractivity contribution in [1.29, 1.82) is 0 Å². The maximum Gasteiger partial charge on any atom is 0.418 e. The van der Waals surface area contributed by atoms with Gasteiger partial charge in [-0.25, -0.2) is 0 Å². The van der Waals surface area contributed by atoms with Crippen LogP contribution in [-0.2, 0) is 6.18 Å². The van der Waals surface area contributed by atoms with Crippen molar-refractivity contribution in [3.8, 4) is 0 Å². The molecule has 0 spiro atoms. The number of piperidine rings is 1. The van der Waals surface area contributed by atoms with E-state index in [1.165, 1.54) is 18.8 Å². The summed E-state index contributed by atoms with van der Waals surface area (Å²) >= 11 is 0. The Hall–Kier alpha value is -1.26. The number of halogens is 3. The highest BCUT2D eigenvalue weighted by Gasteiger charge is 2.35. The normalized spacial score (nSPS) is 16.4. The molecule has 0 aromatic carbocycles. The van der Waals surface area contributed by atoms with Gasteiger partial charge in [0.1, 0.15) is 0 Å². The maximum atomic E-state index is 12.9. The van der Waals surface area contributed by atoms with Gasteiger partial charge in [0, 0.05) is 19.3 Å². The number of hydrogen-bond donors (Lipinski definition) is 0. The average molecular weight is 302 g/mol. The first kappa shape index (κ1) is 17.8. The van der Waals surface area contributed by atoms with Crippen LogP contribution < -0.4 is 4.90 Å². The van der Waals surface area contributed by atoms with Crippen LogP contribution in [0.15, 0.2) is 18.5 Å². The molecule has 1 aliphatic rings. The number of hydrogen-bond acceptors (Lipinski definition) is 2. The molecular formula is C16H25F3N2. The smallest absolute Gasteiger partial charge is 0.370 e. The van der Waals surface area contributed by atoms with Gasteiger partial charge in [0.05, 0.1) is 17.4 Å². The molecule has 2 nitrogen and oxygen atoms in total. The highest BCUT2D eigenvalue weighted by atomic mass is 19.4. The molecule has 0 N–H and O–H groups in total. The Bertz CT molecular complexity index is 410. The van der Waals surface area contributed by atoms with Crippen LogP contribution in [0, 0.1) is 5.92 Å². The Labute approximate surface area is 125 Å². The molecule has 0 bridgehead atoms. The Morgan fingerprint density at radius 2 is 1.86 bits per heavy atom. The minimum atomic E-state index is -4.31. The van der Waals surface area contributed by atoms with E-state index in [1.807, 2.05) is 18.7 Å². The van der Waals surface area contributed by atoms with E-state index in [2.05, 4.69) is 11.9 Å². The monoisotopic (exact) mass is 302 g/mol. The maximum absolute atomic E-state index is 12.9. The lowest BCUT2D eigenvalue weighted by molar-refractivity contribution is -0.137. The van der Waals surface area contributed by atoms with Crippen LogP contribution in [0.4, 0.5) is 18.9 Å². The standard InChI is InChI=1S/C14H19F3N2.C2H6/c1-2-3-11-5-8-19(9-6-11)13-10-18-7-4-12(13)14(15,16)17;1-2/h4,7,10-11H,2-3,5-6,8-9H2,1H3;1-2H3. The fraction of sp³-hybridized carbons (Fsp3) is 0.688. The SMILES string of the molecule is CC.CCCC1CCN(c2cnccc2C(F)(F)F)CC1. The predicted molar refractivity (Wildman–Crippen MR) is 80.4 cm³/mol. The summed E-state index contributed by atoms with van der Waals surface area (Å²) in [6.07, 6.45) is 2.50. The summed E-state index contributed by atoms with van der Waals surface area (Å²) in [5, 5.41) is 0. The van der Waals surface area contributed by atoms with Gasteiger partial charge in [0.2, 0.25) is 0 Å². The molecule has 0 aliphatic carbocycles. The summed E-state index contributed by atoms with van der Waals surface area (Å²) in [4.78, 5) is 5.67. The van der Waals surface area contributed by atoms with Crippen molar-refractivity contribution in [2.24, 2.45) is 5.92 Å². The topological polar surface area (TPSA) is 16.1 Å². The van der Waals surface area contributed by atoms with Gasteiger partial charge in [-0.05, 0) is 24.8 Å². The van der Waals surface area contributed by atoms with Crippen LogP contribution in [0.3, 0.4) is 0 Å². The van der Waals surface area contributed by atoms with Crippen molar-refractivity contribution in [3.05, 3.63) is 24.0 Å². The Balaban J connectivity index is 0.00000106. The van der Waals surface area contributed by atoms with E-state index in [0.717, 1.165) is 25.3 Å². The van der Waals surface area contributed by atoms with Crippen molar-refractivity contribution in [1.82, 2.24) is 4.98 Å². The minimum absolute atomic E-state index is 0.227. The zero-order chi connectivity index (χ0) is 15.9. The summed E-state index contributed by atoms with van der Waals surface area (Å²) in [6, 6.07) is 1.06. The first-order chi connectivity index (χ1) is 10.0. The minimum Gasteiger partial charge on any atom is -0.370 e. The zero-order valence-corrected chi connectivity index (χ0v) is 13.1. The largest absolute Gasteiger partial charge is 0.418 e. The lowest BCUT2D eigenvalue weighted by Gasteiger charge is -2.34. The Morgan fingerprint density at radius 1 is 1.24 bits per heavy atom. The fourth-order valence-corrected chi connectivity index (χ4v) is 2.75. The molecule has 0 amide bonds. The van der Waals surface area contributed by atoms with Gasteiger partial charge in [-0.3, -0.25) is 4.98 Å². The number of nitrogens with zero attached hydrogens (tertiary/aromatic N) is 2. The number of rotatable bonds is 3. The van der Waals surface area contributed by atoms with Crippen molar-refractivity contribution in [3.63, 3.8) is 0 Å². The molecule has 21 heavy (non-hydrogen) atoms. The van der Waals surface area contributed by atoms with Crippen molar-refractivity contribution >= 4 is 5.69 Å². The van der Waals surface area contributed by atoms with Gasteiger partial charge in [-0.15, -0.1) is 0 Å². The molecule has 120 valence electrons. The molecule has 1 fully saturated rings. The van der Waals surface area contributed by atoms with E-state index in [4.69, 9.17) is 0 Å². The van der Waals surface area contributed by atoms with Gasteiger partial charge < -0.3 is 4.90 Å². The van der Waals surface area contributed by atoms with E-state index < -0.39 is 11.7 Å². The van der Waals surface area contributed by atoms with Crippen LogP contribution in [0.2, 0.25) is 0 Å². The van der Waals surface area contributed by atoms with Gasteiger partial charge in [0.15, 0.2) is 0 Å². The second kappa shape index (κ2) is 8.25. The second-order valence-corrected chi connectivity index (χ2v) is 5.11. The van der Waals surface area contributed by atoms with Gasteiger partial charge >= 0.3 is 6.18 Å². The lowest BCUT2D eigenvalue weighted by atomic mass is 9.92.